The van der Waals surface area contributed by atoms with E-state index in [2.05, 4.69) is 75.0 Å². The second kappa shape index (κ2) is 6.73. The molecule has 4 heteroatoms. The summed E-state index contributed by atoms with van der Waals surface area (Å²) in [7, 11) is 0. The summed E-state index contributed by atoms with van der Waals surface area (Å²) < 4.78 is 7.58. The van der Waals surface area contributed by atoms with Crippen molar-refractivity contribution in [3.63, 3.8) is 0 Å². The van der Waals surface area contributed by atoms with E-state index in [9.17, 15) is 0 Å². The van der Waals surface area contributed by atoms with Crippen molar-refractivity contribution >= 4 is 38.5 Å². The summed E-state index contributed by atoms with van der Waals surface area (Å²) in [5, 5.41) is 3.47. The van der Waals surface area contributed by atoms with Crippen LogP contribution >= 0.6 is 38.5 Å². The monoisotopic (exact) mass is 419 g/mol. The molecule has 1 aromatic carbocycles. The van der Waals surface area contributed by atoms with Gasteiger partial charge >= 0.3 is 0 Å². The molecule has 0 aliphatic rings. The summed E-state index contributed by atoms with van der Waals surface area (Å²) in [4.78, 5) is 0. The fourth-order valence-electron chi connectivity index (χ4n) is 1.77. The van der Waals surface area contributed by atoms with E-state index >= 15 is 0 Å². The van der Waals surface area contributed by atoms with Gasteiger partial charge in [0.1, 0.15) is 5.76 Å². The van der Waals surface area contributed by atoms with Crippen molar-refractivity contribution in [2.24, 2.45) is 0 Å². The van der Waals surface area contributed by atoms with Gasteiger partial charge in [-0.05, 0) is 65.8 Å². The molecule has 1 heterocycles. The molecule has 0 spiro atoms. The number of halogens is 2. The quantitative estimate of drug-likeness (QED) is 0.728. The van der Waals surface area contributed by atoms with Gasteiger partial charge in [-0.15, -0.1) is 0 Å². The molecule has 2 nitrogen and oxygen atoms in total. The van der Waals surface area contributed by atoms with Crippen LogP contribution in [-0.2, 0) is 13.0 Å². The molecular weight excluding hydrogens is 405 g/mol. The Kier molecular flexibility index (Phi) is 5.26. The third kappa shape index (κ3) is 4.40. The number of nitrogens with one attached hydrogen (secondary N) is 1. The van der Waals surface area contributed by atoms with Crippen LogP contribution in [0.25, 0.3) is 0 Å². The van der Waals surface area contributed by atoms with E-state index in [0.29, 0.717) is 6.04 Å². The topological polar surface area (TPSA) is 25.2 Å². The lowest BCUT2D eigenvalue weighted by atomic mass is 10.1. The van der Waals surface area contributed by atoms with Gasteiger partial charge in [0.15, 0.2) is 3.77 Å². The first-order valence-electron chi connectivity index (χ1n) is 5.85. The minimum Gasteiger partial charge on any atom is -0.454 e. The Bertz CT molecular complexity index is 495. The zero-order chi connectivity index (χ0) is 13.0. The van der Waals surface area contributed by atoms with Crippen LogP contribution in [0.2, 0.25) is 0 Å². The smallest absolute Gasteiger partial charge is 0.164 e. The highest BCUT2D eigenvalue weighted by Crippen LogP contribution is 2.13. The lowest BCUT2D eigenvalue weighted by Gasteiger charge is -2.12. The molecule has 1 aromatic heterocycles. The highest BCUT2D eigenvalue weighted by molar-refractivity contribution is 14.1. The molecule has 1 unspecified atom stereocenters. The largest absolute Gasteiger partial charge is 0.454 e. The highest BCUT2D eigenvalue weighted by Gasteiger charge is 2.05. The molecule has 18 heavy (non-hydrogen) atoms. The molecule has 0 aliphatic heterocycles. The van der Waals surface area contributed by atoms with Crippen molar-refractivity contribution in [3.8, 4) is 0 Å². The Morgan fingerprint density at radius 1 is 1.22 bits per heavy atom. The van der Waals surface area contributed by atoms with E-state index in [4.69, 9.17) is 4.42 Å². The first-order chi connectivity index (χ1) is 8.63. The first-order valence-corrected chi connectivity index (χ1v) is 7.72. The molecule has 0 bridgehead atoms. The average Bonchev–Trinajstić information content (AvgIpc) is 2.76. The Morgan fingerprint density at radius 2 is 1.94 bits per heavy atom. The molecule has 0 radical (unpaired) electrons. The number of furan rings is 1. The zero-order valence-electron chi connectivity index (χ0n) is 10.1. The van der Waals surface area contributed by atoms with Crippen LogP contribution < -0.4 is 5.32 Å². The van der Waals surface area contributed by atoms with Crippen molar-refractivity contribution in [3.05, 3.63) is 56.0 Å². The van der Waals surface area contributed by atoms with Crippen LogP contribution in [0.3, 0.4) is 0 Å². The second-order valence-corrected chi connectivity index (χ2v) is 6.30. The van der Waals surface area contributed by atoms with E-state index in [1.165, 1.54) is 5.56 Å². The minimum absolute atomic E-state index is 0.425. The lowest BCUT2D eigenvalue weighted by Crippen LogP contribution is -2.27. The summed E-state index contributed by atoms with van der Waals surface area (Å²) >= 11 is 5.63. The maximum atomic E-state index is 5.52. The maximum Gasteiger partial charge on any atom is 0.164 e. The van der Waals surface area contributed by atoms with Crippen molar-refractivity contribution in [2.45, 2.75) is 25.9 Å². The second-order valence-electron chi connectivity index (χ2n) is 4.32. The molecule has 0 fully saturated rings. The SMILES string of the molecule is CC(Cc1ccc(Br)cc1)NCc1ccc(I)o1. The van der Waals surface area contributed by atoms with Gasteiger partial charge in [-0.2, -0.15) is 0 Å². The maximum absolute atomic E-state index is 5.52. The molecule has 96 valence electrons. The van der Waals surface area contributed by atoms with E-state index in [0.717, 1.165) is 27.0 Å². The number of benzene rings is 1. The number of hydrogen-bond acceptors (Lipinski definition) is 2. The van der Waals surface area contributed by atoms with Crippen LogP contribution in [0.4, 0.5) is 0 Å². The molecule has 0 aliphatic carbocycles. The van der Waals surface area contributed by atoms with Crippen molar-refractivity contribution in [1.29, 1.82) is 0 Å². The van der Waals surface area contributed by atoms with Crippen molar-refractivity contribution < 1.29 is 4.42 Å². The summed E-state index contributed by atoms with van der Waals surface area (Å²) in [5.41, 5.74) is 1.34. The standard InChI is InChI=1S/C14H15BrINO/c1-10(8-11-2-4-12(15)5-3-11)17-9-13-6-7-14(16)18-13/h2-7,10,17H,8-9H2,1H3. The fraction of sp³-hybridized carbons (Fsp3) is 0.286. The van der Waals surface area contributed by atoms with Gasteiger partial charge in [-0.25, -0.2) is 0 Å². The summed E-state index contributed by atoms with van der Waals surface area (Å²) in [6.45, 7) is 2.97. The molecular formula is C14H15BrINO. The lowest BCUT2D eigenvalue weighted by molar-refractivity contribution is 0.440. The van der Waals surface area contributed by atoms with E-state index < -0.39 is 0 Å². The van der Waals surface area contributed by atoms with E-state index in [-0.39, 0.29) is 0 Å². The average molecular weight is 420 g/mol. The van der Waals surface area contributed by atoms with Gasteiger partial charge in [-0.3, -0.25) is 0 Å². The van der Waals surface area contributed by atoms with Crippen molar-refractivity contribution in [1.82, 2.24) is 5.32 Å². The van der Waals surface area contributed by atoms with Crippen LogP contribution in [0.1, 0.15) is 18.2 Å². The molecule has 2 rings (SSSR count). The van der Waals surface area contributed by atoms with Gasteiger partial charge in [0, 0.05) is 10.5 Å². The third-order valence-electron chi connectivity index (χ3n) is 2.71. The fourth-order valence-corrected chi connectivity index (χ4v) is 2.49. The molecule has 1 atom stereocenters. The predicted molar refractivity (Wildman–Crippen MR) is 85.6 cm³/mol. The van der Waals surface area contributed by atoms with Gasteiger partial charge in [0.2, 0.25) is 0 Å². The number of hydrogen-bond donors (Lipinski definition) is 1. The Balaban J connectivity index is 1.81. The summed E-state index contributed by atoms with van der Waals surface area (Å²) in [6.07, 6.45) is 1.02. The van der Waals surface area contributed by atoms with Crippen LogP contribution in [-0.4, -0.2) is 6.04 Å². The van der Waals surface area contributed by atoms with Gasteiger partial charge in [0.05, 0.1) is 6.54 Å². The molecule has 2 aromatic rings. The molecule has 0 amide bonds. The van der Waals surface area contributed by atoms with Crippen molar-refractivity contribution in [2.75, 3.05) is 0 Å². The van der Waals surface area contributed by atoms with Crippen LogP contribution in [0.5, 0.6) is 0 Å². The Labute approximate surface area is 129 Å². The zero-order valence-corrected chi connectivity index (χ0v) is 13.9. The van der Waals surface area contributed by atoms with Gasteiger partial charge in [0.25, 0.3) is 0 Å². The molecule has 0 saturated carbocycles. The van der Waals surface area contributed by atoms with E-state index in [1.807, 2.05) is 12.1 Å². The third-order valence-corrected chi connectivity index (χ3v) is 3.82. The predicted octanol–water partition coefficient (Wildman–Crippen LogP) is 4.37. The summed E-state index contributed by atoms with van der Waals surface area (Å²) in [6, 6.07) is 12.9. The van der Waals surface area contributed by atoms with Gasteiger partial charge in [-0.1, -0.05) is 28.1 Å². The summed E-state index contributed by atoms with van der Waals surface area (Å²) in [5.74, 6) is 0.988. The minimum atomic E-state index is 0.425. The normalized spacial score (nSPS) is 12.6. The van der Waals surface area contributed by atoms with E-state index in [1.54, 1.807) is 0 Å². The molecule has 1 N–H and O–H groups in total. The number of rotatable bonds is 5. The van der Waals surface area contributed by atoms with Gasteiger partial charge < -0.3 is 9.73 Å². The van der Waals surface area contributed by atoms with Crippen LogP contribution in [0, 0.1) is 3.77 Å². The Morgan fingerprint density at radius 3 is 2.56 bits per heavy atom. The molecule has 0 saturated heterocycles. The Hall–Kier alpha value is -0.330. The van der Waals surface area contributed by atoms with Crippen LogP contribution in [0.15, 0.2) is 45.3 Å². The highest BCUT2D eigenvalue weighted by atomic mass is 127. The first kappa shape index (κ1) is 14.1.